The fraction of sp³-hybridized carbons (Fsp3) is 0.833. The predicted molar refractivity (Wildman–Crippen MR) is 44.1 cm³/mol. The van der Waals surface area contributed by atoms with Crippen molar-refractivity contribution in [3.63, 3.8) is 0 Å². The number of carbonyl (C=O) groups is 1. The lowest BCUT2D eigenvalue weighted by molar-refractivity contribution is -0.141. The standard InChI is InChI=1S/C6H13O6P/c1-4(2)6(9,3-5(7)8)13(10,11)12/h4,9H,3H2,1-2H3,(H,7,8)(H2,10,11,12). The molecule has 0 saturated carbocycles. The molecule has 0 fully saturated rings. The quantitative estimate of drug-likeness (QED) is 0.487. The number of hydrogen-bond donors (Lipinski definition) is 4. The van der Waals surface area contributed by atoms with Crippen molar-refractivity contribution in [3.05, 3.63) is 0 Å². The Labute approximate surface area is 75.4 Å². The minimum absolute atomic E-state index is 0.829. The van der Waals surface area contributed by atoms with Crippen LogP contribution in [0.4, 0.5) is 0 Å². The van der Waals surface area contributed by atoms with Gasteiger partial charge in [0.15, 0.2) is 5.34 Å². The van der Waals surface area contributed by atoms with E-state index in [1.165, 1.54) is 13.8 Å². The molecule has 0 aromatic heterocycles. The van der Waals surface area contributed by atoms with Gasteiger partial charge in [-0.25, -0.2) is 0 Å². The summed E-state index contributed by atoms with van der Waals surface area (Å²) in [5, 5.41) is 15.3. The van der Waals surface area contributed by atoms with Crippen LogP contribution in [0.2, 0.25) is 0 Å². The van der Waals surface area contributed by atoms with E-state index >= 15 is 0 Å². The molecule has 7 heteroatoms. The molecule has 0 saturated heterocycles. The maximum atomic E-state index is 10.8. The molecule has 6 nitrogen and oxygen atoms in total. The topological polar surface area (TPSA) is 115 Å². The summed E-state index contributed by atoms with van der Waals surface area (Å²) in [5.74, 6) is -2.27. The molecular weight excluding hydrogens is 199 g/mol. The molecule has 0 bridgehead atoms. The first-order chi connectivity index (χ1) is 5.61. The van der Waals surface area contributed by atoms with Gasteiger partial charge < -0.3 is 20.0 Å². The molecule has 0 radical (unpaired) electrons. The Bertz CT molecular complexity index is 244. The van der Waals surface area contributed by atoms with Crippen molar-refractivity contribution in [2.75, 3.05) is 0 Å². The number of hydrogen-bond acceptors (Lipinski definition) is 3. The van der Waals surface area contributed by atoms with Crippen LogP contribution in [0.15, 0.2) is 0 Å². The Balaban J connectivity index is 4.97. The molecule has 4 N–H and O–H groups in total. The van der Waals surface area contributed by atoms with E-state index in [0.29, 0.717) is 0 Å². The van der Waals surface area contributed by atoms with Crippen LogP contribution in [0.5, 0.6) is 0 Å². The number of carboxylic acid groups (broad SMARTS) is 1. The lowest BCUT2D eigenvalue weighted by Gasteiger charge is -2.30. The molecule has 13 heavy (non-hydrogen) atoms. The van der Waals surface area contributed by atoms with E-state index in [2.05, 4.69) is 0 Å². The van der Waals surface area contributed by atoms with Gasteiger partial charge in [-0.3, -0.25) is 9.36 Å². The minimum atomic E-state index is -4.82. The van der Waals surface area contributed by atoms with Crippen molar-refractivity contribution in [1.29, 1.82) is 0 Å². The van der Waals surface area contributed by atoms with Gasteiger partial charge >= 0.3 is 13.6 Å². The molecule has 0 rings (SSSR count). The van der Waals surface area contributed by atoms with Gasteiger partial charge in [-0.2, -0.15) is 0 Å². The molecule has 0 amide bonds. The third-order valence-corrected chi connectivity index (χ3v) is 3.52. The summed E-state index contributed by atoms with van der Waals surface area (Å²) in [6.45, 7) is 2.70. The van der Waals surface area contributed by atoms with E-state index in [0.717, 1.165) is 0 Å². The van der Waals surface area contributed by atoms with Crippen LogP contribution in [0, 0.1) is 5.92 Å². The van der Waals surface area contributed by atoms with Gasteiger partial charge in [-0.15, -0.1) is 0 Å². The fourth-order valence-corrected chi connectivity index (χ4v) is 1.88. The van der Waals surface area contributed by atoms with Crippen LogP contribution < -0.4 is 0 Å². The van der Waals surface area contributed by atoms with Gasteiger partial charge in [-0.1, -0.05) is 13.8 Å². The monoisotopic (exact) mass is 212 g/mol. The van der Waals surface area contributed by atoms with Crippen LogP contribution in [0.1, 0.15) is 20.3 Å². The molecular formula is C6H13O6P. The van der Waals surface area contributed by atoms with Crippen molar-refractivity contribution in [2.45, 2.75) is 25.6 Å². The molecule has 78 valence electrons. The molecule has 0 heterocycles. The highest BCUT2D eigenvalue weighted by molar-refractivity contribution is 7.53. The lowest BCUT2D eigenvalue weighted by Crippen LogP contribution is -2.37. The smallest absolute Gasteiger partial charge is 0.357 e. The van der Waals surface area contributed by atoms with Crippen molar-refractivity contribution >= 4 is 13.6 Å². The Morgan fingerprint density at radius 2 is 1.85 bits per heavy atom. The van der Waals surface area contributed by atoms with Gasteiger partial charge in [0.2, 0.25) is 0 Å². The fourth-order valence-electron chi connectivity index (χ4n) is 0.866. The van der Waals surface area contributed by atoms with Gasteiger partial charge in [0, 0.05) is 0 Å². The number of aliphatic hydroxyl groups is 1. The van der Waals surface area contributed by atoms with Crippen molar-refractivity contribution in [1.82, 2.24) is 0 Å². The van der Waals surface area contributed by atoms with E-state index in [1.54, 1.807) is 0 Å². The molecule has 0 spiro atoms. The maximum absolute atomic E-state index is 10.8. The second-order valence-corrected chi connectivity index (χ2v) is 5.01. The minimum Gasteiger partial charge on any atom is -0.481 e. The third kappa shape index (κ3) is 2.77. The summed E-state index contributed by atoms with van der Waals surface area (Å²) in [6, 6.07) is 0. The molecule has 0 aliphatic carbocycles. The Morgan fingerprint density at radius 1 is 1.46 bits per heavy atom. The van der Waals surface area contributed by atoms with Crippen LogP contribution in [0.3, 0.4) is 0 Å². The maximum Gasteiger partial charge on any atom is 0.357 e. The van der Waals surface area contributed by atoms with Gasteiger partial charge in [-0.05, 0) is 5.92 Å². The number of aliphatic carboxylic acids is 1. The summed E-state index contributed by atoms with van der Waals surface area (Å²) < 4.78 is 10.8. The first-order valence-corrected chi connectivity index (χ1v) is 5.22. The average molecular weight is 212 g/mol. The van der Waals surface area contributed by atoms with Crippen LogP contribution in [-0.4, -0.2) is 31.3 Å². The highest BCUT2D eigenvalue weighted by Gasteiger charge is 2.49. The third-order valence-electron chi connectivity index (χ3n) is 1.84. The average Bonchev–Trinajstić information content (AvgIpc) is 1.82. The summed E-state index contributed by atoms with van der Waals surface area (Å²) in [6.07, 6.45) is -0.963. The summed E-state index contributed by atoms with van der Waals surface area (Å²) in [7, 11) is -4.82. The summed E-state index contributed by atoms with van der Waals surface area (Å²) in [5.41, 5.74) is 0. The summed E-state index contributed by atoms with van der Waals surface area (Å²) in [4.78, 5) is 27.8. The first-order valence-electron chi connectivity index (χ1n) is 3.61. The Hall–Kier alpha value is -0.420. The molecule has 1 atom stereocenters. The predicted octanol–water partition coefficient (Wildman–Crippen LogP) is -0.0166. The van der Waals surface area contributed by atoms with Gasteiger partial charge in [0.25, 0.3) is 0 Å². The van der Waals surface area contributed by atoms with E-state index < -0.39 is 31.2 Å². The largest absolute Gasteiger partial charge is 0.481 e. The second kappa shape index (κ2) is 3.75. The molecule has 0 aromatic carbocycles. The van der Waals surface area contributed by atoms with Crippen molar-refractivity contribution in [2.24, 2.45) is 5.92 Å². The van der Waals surface area contributed by atoms with Crippen LogP contribution in [-0.2, 0) is 9.36 Å². The SMILES string of the molecule is CC(C)C(O)(CC(=O)O)P(=O)(O)O. The normalized spacial score (nSPS) is 17.1. The zero-order chi connectivity index (χ0) is 10.9. The van der Waals surface area contributed by atoms with E-state index in [-0.39, 0.29) is 0 Å². The molecule has 0 aliphatic heterocycles. The lowest BCUT2D eigenvalue weighted by atomic mass is 10.0. The number of rotatable bonds is 4. The highest BCUT2D eigenvalue weighted by Crippen LogP contribution is 2.54. The Kier molecular flexibility index (Phi) is 3.63. The highest BCUT2D eigenvalue weighted by atomic mass is 31.2. The second-order valence-electron chi connectivity index (χ2n) is 3.15. The zero-order valence-electron chi connectivity index (χ0n) is 7.34. The Morgan fingerprint density at radius 3 is 1.92 bits per heavy atom. The summed E-state index contributed by atoms with van der Waals surface area (Å²) >= 11 is 0. The molecule has 0 aliphatic rings. The van der Waals surface area contributed by atoms with Crippen molar-refractivity contribution in [3.8, 4) is 0 Å². The van der Waals surface area contributed by atoms with E-state index in [4.69, 9.17) is 14.9 Å². The van der Waals surface area contributed by atoms with Crippen LogP contribution in [0.25, 0.3) is 0 Å². The van der Waals surface area contributed by atoms with Crippen molar-refractivity contribution < 1.29 is 29.4 Å². The van der Waals surface area contributed by atoms with E-state index in [1.807, 2.05) is 0 Å². The van der Waals surface area contributed by atoms with Gasteiger partial charge in [0.1, 0.15) is 0 Å². The zero-order valence-corrected chi connectivity index (χ0v) is 8.23. The first kappa shape index (κ1) is 12.6. The van der Waals surface area contributed by atoms with Gasteiger partial charge in [0.05, 0.1) is 6.42 Å². The molecule has 1 unspecified atom stereocenters. The number of carboxylic acids is 1. The molecule has 0 aromatic rings. The van der Waals surface area contributed by atoms with E-state index in [9.17, 15) is 14.5 Å². The van der Waals surface area contributed by atoms with Crippen LogP contribution >= 0.6 is 7.60 Å².